The molecule has 13 heavy (non-hydrogen) atoms. The van der Waals surface area contributed by atoms with Gasteiger partial charge in [0.15, 0.2) is 0 Å². The van der Waals surface area contributed by atoms with E-state index in [9.17, 15) is 18.1 Å². The zero-order valence-electron chi connectivity index (χ0n) is 6.21. The van der Waals surface area contributed by atoms with Gasteiger partial charge < -0.3 is 0 Å². The van der Waals surface area contributed by atoms with E-state index in [0.29, 0.717) is 0 Å². The van der Waals surface area contributed by atoms with Gasteiger partial charge in [-0.2, -0.15) is 0 Å². The van der Waals surface area contributed by atoms with Crippen LogP contribution in [0.25, 0.3) is 0 Å². The van der Waals surface area contributed by atoms with Gasteiger partial charge in [0.2, 0.25) is 0 Å². The number of hydrogen-bond donors (Lipinski definition) is 0. The monoisotopic (exact) mass is 255 g/mol. The molecule has 0 saturated carbocycles. The Morgan fingerprint density at radius 3 is 2.15 bits per heavy atom. The SMILES string of the molecule is O=[N+]([Se-])c1ccccc1C(F)(F)F. The number of benzene rings is 1. The zero-order valence-corrected chi connectivity index (χ0v) is 7.92. The summed E-state index contributed by atoms with van der Waals surface area (Å²) in [5.74, 6) is 0. The first-order valence-electron chi connectivity index (χ1n) is 3.23. The molecule has 1 aromatic rings. The normalized spacial score (nSPS) is 11.3. The van der Waals surface area contributed by atoms with Crippen molar-refractivity contribution in [1.82, 2.24) is 0 Å². The van der Waals surface area contributed by atoms with Crippen molar-refractivity contribution in [3.8, 4) is 0 Å². The molecule has 0 aliphatic heterocycles. The molecule has 1 aromatic carbocycles. The molecule has 0 aliphatic rings. The van der Waals surface area contributed by atoms with E-state index >= 15 is 0 Å². The van der Waals surface area contributed by atoms with E-state index < -0.39 is 17.4 Å². The molecule has 0 aliphatic carbocycles. The second-order valence-corrected chi connectivity index (χ2v) is 2.97. The van der Waals surface area contributed by atoms with Gasteiger partial charge >= 0.3 is 79.8 Å². The first-order valence-corrected chi connectivity index (χ1v) is 4.00. The average Bonchev–Trinajstić information content (AvgIpc) is 2.03. The molecule has 0 atom stereocenters. The maximum atomic E-state index is 12.2. The third-order valence-corrected chi connectivity index (χ3v) is 1.82. The summed E-state index contributed by atoms with van der Waals surface area (Å²) in [6.45, 7) is 0. The van der Waals surface area contributed by atoms with Crippen LogP contribution in [-0.4, -0.2) is 20.0 Å². The van der Waals surface area contributed by atoms with Crippen LogP contribution in [0.5, 0.6) is 0 Å². The number of nitrogens with zero attached hydrogens (tertiary/aromatic N) is 1. The van der Waals surface area contributed by atoms with E-state index in [0.717, 1.165) is 12.1 Å². The summed E-state index contributed by atoms with van der Waals surface area (Å²) in [6.07, 6.45) is -4.50. The summed E-state index contributed by atoms with van der Waals surface area (Å²) >= 11 is 1.95. The van der Waals surface area contributed by atoms with E-state index in [4.69, 9.17) is 0 Å². The molecule has 0 fully saturated rings. The van der Waals surface area contributed by atoms with Gasteiger partial charge in [-0.25, -0.2) is 0 Å². The molecule has 0 saturated heterocycles. The Labute approximate surface area is 80.3 Å². The Morgan fingerprint density at radius 2 is 1.77 bits per heavy atom. The van der Waals surface area contributed by atoms with Gasteiger partial charge in [0.1, 0.15) is 0 Å². The van der Waals surface area contributed by atoms with Crippen molar-refractivity contribution in [1.29, 1.82) is 0 Å². The maximum absolute atomic E-state index is 12.2. The quantitative estimate of drug-likeness (QED) is 0.703. The molecular formula is C7H4F3NOSe. The van der Waals surface area contributed by atoms with Crippen molar-refractivity contribution in [3.63, 3.8) is 0 Å². The molecule has 1 rings (SSSR count). The summed E-state index contributed by atoms with van der Waals surface area (Å²) < 4.78 is 36.8. The summed E-state index contributed by atoms with van der Waals surface area (Å²) in [6, 6.07) is 4.56. The van der Waals surface area contributed by atoms with Crippen LogP contribution in [-0.2, 0) is 6.18 Å². The number of hydrogen-bond acceptors (Lipinski definition) is 1. The number of para-hydroxylation sites is 1. The summed E-state index contributed by atoms with van der Waals surface area (Å²) in [5.41, 5.74) is -1.36. The van der Waals surface area contributed by atoms with Crippen LogP contribution in [0.15, 0.2) is 24.3 Å². The van der Waals surface area contributed by atoms with Crippen LogP contribution >= 0.6 is 0 Å². The van der Waals surface area contributed by atoms with Gasteiger partial charge in [0, 0.05) is 0 Å². The van der Waals surface area contributed by atoms with Crippen molar-refractivity contribution in [2.45, 2.75) is 6.18 Å². The number of alkyl halides is 3. The van der Waals surface area contributed by atoms with Gasteiger partial charge in [-0.1, -0.05) is 0 Å². The van der Waals surface area contributed by atoms with Gasteiger partial charge in [0.25, 0.3) is 0 Å². The van der Waals surface area contributed by atoms with Gasteiger partial charge in [-0.3, -0.25) is 0 Å². The first kappa shape index (κ1) is 10.2. The molecule has 2 nitrogen and oxygen atoms in total. The molecular weight excluding hydrogens is 250 g/mol. The van der Waals surface area contributed by atoms with E-state index in [1.165, 1.54) is 12.1 Å². The van der Waals surface area contributed by atoms with Crippen LogP contribution < -0.4 is 0 Å². The molecule has 6 heteroatoms. The minimum atomic E-state index is -4.50. The topological polar surface area (TPSA) is 20.1 Å². The van der Waals surface area contributed by atoms with Crippen molar-refractivity contribution in [2.24, 2.45) is 0 Å². The molecule has 0 N–H and O–H groups in total. The Hall–Kier alpha value is -0.871. The minimum absolute atomic E-state index is 0.0722. The number of halogens is 3. The Morgan fingerprint density at radius 1 is 1.23 bits per heavy atom. The molecule has 0 spiro atoms. The van der Waals surface area contributed by atoms with E-state index in [2.05, 4.69) is 0 Å². The summed E-state index contributed by atoms with van der Waals surface area (Å²) in [5, 5.41) is 0. The van der Waals surface area contributed by atoms with Crippen LogP contribution in [0, 0.1) is 4.91 Å². The van der Waals surface area contributed by atoms with Gasteiger partial charge in [0.05, 0.1) is 0 Å². The average molecular weight is 254 g/mol. The van der Waals surface area contributed by atoms with Crippen molar-refractivity contribution < 1.29 is 16.9 Å². The van der Waals surface area contributed by atoms with Gasteiger partial charge in [-0.05, 0) is 0 Å². The van der Waals surface area contributed by atoms with Crippen molar-refractivity contribution in [2.75, 3.05) is 0 Å². The predicted octanol–water partition coefficient (Wildman–Crippen LogP) is 2.20. The fraction of sp³-hybridized carbons (Fsp3) is 0.143. The Bertz CT molecular complexity index is 337. The summed E-state index contributed by atoms with van der Waals surface area (Å²) in [7, 11) is 0. The fourth-order valence-corrected chi connectivity index (χ4v) is 1.21. The second-order valence-electron chi connectivity index (χ2n) is 2.27. The van der Waals surface area contributed by atoms with Crippen LogP contribution in [0.3, 0.4) is 0 Å². The Balaban J connectivity index is 3.28. The molecule has 0 unspecified atom stereocenters. The molecule has 0 amide bonds. The van der Waals surface area contributed by atoms with Crippen molar-refractivity contribution in [3.05, 3.63) is 34.7 Å². The van der Waals surface area contributed by atoms with Gasteiger partial charge in [-0.15, -0.1) is 0 Å². The van der Waals surface area contributed by atoms with Crippen LogP contribution in [0.1, 0.15) is 5.56 Å². The Kier molecular flexibility index (Phi) is 2.73. The third kappa shape index (κ3) is 2.29. The standard InChI is InChI=1S/C7H4F3NOSe/c8-7(9,10)5-3-1-2-4-6(5)11(12)13/h1-4H. The zero-order chi connectivity index (χ0) is 10.1. The first-order chi connectivity index (χ1) is 5.93. The molecule has 70 valence electrons. The molecule has 0 heterocycles. The predicted molar refractivity (Wildman–Crippen MR) is 40.5 cm³/mol. The number of nitroso groups, excluding NO2 is 1. The van der Waals surface area contributed by atoms with E-state index in [1.807, 2.05) is 16.2 Å². The number of rotatable bonds is 1. The third-order valence-electron chi connectivity index (χ3n) is 1.41. The molecule has 0 bridgehead atoms. The van der Waals surface area contributed by atoms with Crippen molar-refractivity contribution >= 4 is 21.9 Å². The van der Waals surface area contributed by atoms with Crippen LogP contribution in [0.4, 0.5) is 18.9 Å². The second kappa shape index (κ2) is 3.47. The fourth-order valence-electron chi connectivity index (χ4n) is 0.873. The van der Waals surface area contributed by atoms with Crippen LogP contribution in [0.2, 0.25) is 0 Å². The van der Waals surface area contributed by atoms with E-state index in [-0.39, 0.29) is 3.78 Å². The molecule has 0 aromatic heterocycles. The summed E-state index contributed by atoms with van der Waals surface area (Å²) in [4.78, 5) is 10.7. The molecule has 0 radical (unpaired) electrons. The van der Waals surface area contributed by atoms with E-state index in [1.54, 1.807) is 0 Å².